The SMILES string of the molecule is Cc1nnc(-c2ccc(OCCC3CC3C3CCN(c4ncc(Cl)c(C)n4)CC3)cc2F)o1. The second-order valence-corrected chi connectivity index (χ2v) is 9.40. The van der Waals surface area contributed by atoms with Crippen molar-refractivity contribution in [2.24, 2.45) is 17.8 Å². The molecule has 0 amide bonds. The summed E-state index contributed by atoms with van der Waals surface area (Å²) in [4.78, 5) is 11.2. The molecule has 2 aromatic heterocycles. The Morgan fingerprint density at radius 2 is 2.03 bits per heavy atom. The zero-order valence-electron chi connectivity index (χ0n) is 18.8. The van der Waals surface area contributed by atoms with E-state index in [1.807, 2.05) is 6.92 Å². The summed E-state index contributed by atoms with van der Waals surface area (Å²) in [5, 5.41) is 8.22. The number of rotatable bonds is 7. The van der Waals surface area contributed by atoms with E-state index in [2.05, 4.69) is 25.1 Å². The van der Waals surface area contributed by atoms with Crippen molar-refractivity contribution in [3.05, 3.63) is 46.8 Å². The van der Waals surface area contributed by atoms with Gasteiger partial charge in [0.2, 0.25) is 11.8 Å². The molecule has 174 valence electrons. The van der Waals surface area contributed by atoms with E-state index in [4.69, 9.17) is 20.8 Å². The van der Waals surface area contributed by atoms with Crippen LogP contribution in [0, 0.1) is 37.4 Å². The predicted octanol–water partition coefficient (Wildman–Crippen LogP) is 5.26. The van der Waals surface area contributed by atoms with E-state index in [9.17, 15) is 4.39 Å². The monoisotopic (exact) mass is 471 g/mol. The van der Waals surface area contributed by atoms with Crippen molar-refractivity contribution in [1.29, 1.82) is 0 Å². The van der Waals surface area contributed by atoms with Crippen molar-refractivity contribution >= 4 is 17.5 Å². The largest absolute Gasteiger partial charge is 0.493 e. The van der Waals surface area contributed by atoms with Gasteiger partial charge in [-0.3, -0.25) is 0 Å². The Labute approximate surface area is 197 Å². The molecule has 33 heavy (non-hydrogen) atoms. The van der Waals surface area contributed by atoms with E-state index < -0.39 is 5.82 Å². The van der Waals surface area contributed by atoms with Crippen molar-refractivity contribution in [3.63, 3.8) is 0 Å². The topological polar surface area (TPSA) is 77.2 Å². The molecule has 1 aliphatic heterocycles. The van der Waals surface area contributed by atoms with Gasteiger partial charge in [-0.15, -0.1) is 10.2 Å². The lowest BCUT2D eigenvalue weighted by molar-refractivity contribution is 0.283. The van der Waals surface area contributed by atoms with Crippen molar-refractivity contribution in [2.45, 2.75) is 39.5 Å². The third-order valence-corrected chi connectivity index (χ3v) is 7.14. The Morgan fingerprint density at radius 1 is 1.21 bits per heavy atom. The number of nitrogens with zero attached hydrogens (tertiary/aromatic N) is 5. The summed E-state index contributed by atoms with van der Waals surface area (Å²) < 4.78 is 25.5. The Morgan fingerprint density at radius 3 is 2.73 bits per heavy atom. The lowest BCUT2D eigenvalue weighted by Crippen LogP contribution is -2.35. The molecule has 3 aromatic rings. The highest BCUT2D eigenvalue weighted by atomic mass is 35.5. The van der Waals surface area contributed by atoms with Gasteiger partial charge in [0.15, 0.2) is 0 Å². The molecule has 2 atom stereocenters. The summed E-state index contributed by atoms with van der Waals surface area (Å²) in [6, 6.07) is 4.76. The zero-order chi connectivity index (χ0) is 22.9. The summed E-state index contributed by atoms with van der Waals surface area (Å²) in [5.41, 5.74) is 1.11. The van der Waals surface area contributed by atoms with Gasteiger partial charge in [-0.05, 0) is 62.5 Å². The first kappa shape index (κ1) is 22.1. The summed E-state index contributed by atoms with van der Waals surface area (Å²) in [6.45, 7) is 6.15. The number of benzene rings is 1. The lowest BCUT2D eigenvalue weighted by Gasteiger charge is -2.32. The summed E-state index contributed by atoms with van der Waals surface area (Å²) in [7, 11) is 0. The number of piperidine rings is 1. The molecule has 5 rings (SSSR count). The van der Waals surface area contributed by atoms with Crippen LogP contribution in [0.3, 0.4) is 0 Å². The van der Waals surface area contributed by atoms with Crippen molar-refractivity contribution in [1.82, 2.24) is 20.2 Å². The second kappa shape index (κ2) is 9.25. The third kappa shape index (κ3) is 4.95. The highest BCUT2D eigenvalue weighted by Gasteiger charge is 2.43. The number of aryl methyl sites for hydroxylation is 2. The van der Waals surface area contributed by atoms with E-state index in [1.165, 1.54) is 12.5 Å². The van der Waals surface area contributed by atoms with E-state index in [0.29, 0.717) is 29.2 Å². The maximum atomic E-state index is 14.4. The van der Waals surface area contributed by atoms with Gasteiger partial charge in [0, 0.05) is 26.1 Å². The Hall–Kier alpha value is -2.74. The molecule has 3 heterocycles. The first-order valence-electron chi connectivity index (χ1n) is 11.4. The van der Waals surface area contributed by atoms with Crippen LogP contribution in [0.15, 0.2) is 28.8 Å². The predicted molar refractivity (Wildman–Crippen MR) is 123 cm³/mol. The van der Waals surface area contributed by atoms with Gasteiger partial charge in [0.05, 0.1) is 29.1 Å². The molecule has 2 aliphatic rings. The molecule has 2 unspecified atom stereocenters. The number of ether oxygens (including phenoxy) is 1. The minimum atomic E-state index is -0.424. The summed E-state index contributed by atoms with van der Waals surface area (Å²) in [6.07, 6.45) is 6.27. The number of hydrogen-bond donors (Lipinski definition) is 0. The van der Waals surface area contributed by atoms with Crippen LogP contribution >= 0.6 is 11.6 Å². The minimum Gasteiger partial charge on any atom is -0.493 e. The fourth-order valence-electron chi connectivity index (χ4n) is 4.79. The first-order valence-corrected chi connectivity index (χ1v) is 11.8. The van der Waals surface area contributed by atoms with Crippen LogP contribution < -0.4 is 9.64 Å². The molecule has 0 radical (unpaired) electrons. The number of aromatic nitrogens is 4. The Balaban J connectivity index is 1.06. The van der Waals surface area contributed by atoms with Crippen LogP contribution in [0.5, 0.6) is 5.75 Å². The molecule has 9 heteroatoms. The highest BCUT2D eigenvalue weighted by Crippen LogP contribution is 2.50. The van der Waals surface area contributed by atoms with E-state index >= 15 is 0 Å². The molecule has 2 fully saturated rings. The fraction of sp³-hybridized carbons (Fsp3) is 0.500. The first-order chi connectivity index (χ1) is 16.0. The standard InChI is InChI=1S/C24H27ClFN5O2/c1-14-21(25)13-27-24(28-14)31-8-5-16(6-9-31)20-11-17(20)7-10-32-18-3-4-19(22(26)12-18)23-30-29-15(2)33-23/h3-4,12-13,16-17,20H,5-11H2,1-2H3. The van der Waals surface area contributed by atoms with E-state index in [0.717, 1.165) is 55.8 Å². The molecular formula is C24H27ClFN5O2. The average molecular weight is 472 g/mol. The third-order valence-electron chi connectivity index (χ3n) is 6.77. The zero-order valence-corrected chi connectivity index (χ0v) is 19.6. The summed E-state index contributed by atoms with van der Waals surface area (Å²) in [5.74, 6) is 3.68. The van der Waals surface area contributed by atoms with Crippen LogP contribution in [0.2, 0.25) is 5.02 Å². The normalized spacial score (nSPS) is 20.8. The van der Waals surface area contributed by atoms with E-state index in [-0.39, 0.29) is 11.5 Å². The molecule has 0 N–H and O–H groups in total. The van der Waals surface area contributed by atoms with Crippen molar-refractivity contribution in [2.75, 3.05) is 24.6 Å². The van der Waals surface area contributed by atoms with Crippen LogP contribution in [0.1, 0.15) is 37.3 Å². The minimum absolute atomic E-state index is 0.182. The number of halogens is 2. The molecule has 0 spiro atoms. The second-order valence-electron chi connectivity index (χ2n) is 8.99. The maximum absolute atomic E-state index is 14.4. The van der Waals surface area contributed by atoms with Crippen LogP contribution in [0.4, 0.5) is 10.3 Å². The number of hydrogen-bond acceptors (Lipinski definition) is 7. The van der Waals surface area contributed by atoms with Gasteiger partial charge in [-0.1, -0.05) is 11.6 Å². The van der Waals surface area contributed by atoms with Crippen LogP contribution in [-0.4, -0.2) is 39.9 Å². The molecule has 1 aliphatic carbocycles. The molecule has 1 aromatic carbocycles. The van der Waals surface area contributed by atoms with Crippen molar-refractivity contribution in [3.8, 4) is 17.2 Å². The maximum Gasteiger partial charge on any atom is 0.250 e. The Bertz CT molecular complexity index is 1130. The van der Waals surface area contributed by atoms with Crippen LogP contribution in [0.25, 0.3) is 11.5 Å². The molecule has 0 bridgehead atoms. The summed E-state index contributed by atoms with van der Waals surface area (Å²) >= 11 is 6.05. The van der Waals surface area contributed by atoms with Gasteiger partial charge in [0.1, 0.15) is 11.6 Å². The smallest absolute Gasteiger partial charge is 0.250 e. The molecule has 1 saturated heterocycles. The van der Waals surface area contributed by atoms with Crippen LogP contribution in [-0.2, 0) is 0 Å². The van der Waals surface area contributed by atoms with Gasteiger partial charge in [0.25, 0.3) is 5.89 Å². The molecule has 1 saturated carbocycles. The average Bonchev–Trinajstić information content (AvgIpc) is 3.46. The van der Waals surface area contributed by atoms with Gasteiger partial charge in [-0.2, -0.15) is 0 Å². The molecule has 7 nitrogen and oxygen atoms in total. The van der Waals surface area contributed by atoms with Gasteiger partial charge in [-0.25, -0.2) is 14.4 Å². The van der Waals surface area contributed by atoms with Crippen molar-refractivity contribution < 1.29 is 13.5 Å². The fourth-order valence-corrected chi connectivity index (χ4v) is 4.88. The quantitative estimate of drug-likeness (QED) is 0.465. The van der Waals surface area contributed by atoms with Gasteiger partial charge >= 0.3 is 0 Å². The Kier molecular flexibility index (Phi) is 6.19. The van der Waals surface area contributed by atoms with Gasteiger partial charge < -0.3 is 14.1 Å². The van der Waals surface area contributed by atoms with E-state index in [1.54, 1.807) is 25.3 Å². The highest BCUT2D eigenvalue weighted by molar-refractivity contribution is 6.31. The molecular weight excluding hydrogens is 445 g/mol. The lowest BCUT2D eigenvalue weighted by atomic mass is 9.90. The number of anilines is 1.